The van der Waals surface area contributed by atoms with E-state index in [1.54, 1.807) is 29.7 Å². The summed E-state index contributed by atoms with van der Waals surface area (Å²) in [5.41, 5.74) is 2.95. The van der Waals surface area contributed by atoms with E-state index in [4.69, 9.17) is 14.6 Å². The first-order chi connectivity index (χ1) is 19.7. The van der Waals surface area contributed by atoms with Gasteiger partial charge in [0, 0.05) is 55.8 Å². The molecular weight excluding hydrogens is 524 g/mol. The number of likely N-dealkylation sites (tertiary alicyclic amines) is 2. The fourth-order valence-electron chi connectivity index (χ4n) is 5.69. The molecular formula is C29H36N8O4. The van der Waals surface area contributed by atoms with Gasteiger partial charge in [0.15, 0.2) is 5.60 Å². The number of fused-ring (bicyclic) bond motifs is 1. The van der Waals surface area contributed by atoms with Crippen LogP contribution in [0.2, 0.25) is 0 Å². The van der Waals surface area contributed by atoms with E-state index in [2.05, 4.69) is 11.2 Å². The number of rotatable bonds is 8. The molecule has 0 bridgehead atoms. The first kappa shape index (κ1) is 28.3. The average molecular weight is 561 g/mol. The SMILES string of the molecule is COc1cc(-c2cnn(C3CCN(C(=O)C4(OC)CN(C(=O)/C=C/CN(C)C)C4)CC3)c2C)cn2ncc(C#N)c12. The third kappa shape index (κ3) is 5.18. The Bertz CT molecular complexity index is 1520. The summed E-state index contributed by atoms with van der Waals surface area (Å²) in [6, 6.07) is 4.21. The lowest BCUT2D eigenvalue weighted by atomic mass is 9.90. The molecule has 2 fully saturated rings. The van der Waals surface area contributed by atoms with Crippen LogP contribution < -0.4 is 4.74 Å². The number of likely N-dealkylation sites (N-methyl/N-ethyl adjacent to an activating group) is 1. The summed E-state index contributed by atoms with van der Waals surface area (Å²) in [7, 11) is 7.00. The lowest BCUT2D eigenvalue weighted by Crippen LogP contribution is -2.71. The molecule has 12 heteroatoms. The normalized spacial score (nSPS) is 17.3. The summed E-state index contributed by atoms with van der Waals surface area (Å²) < 4.78 is 14.9. The standard InChI is InChI=1S/C29H36N8O4/c1-20-24(21-13-25(40-4)27-22(14-30)15-31-36(27)17-21)16-32-37(20)23-8-11-34(12-9-23)28(39)29(41-5)18-35(19-29)26(38)7-6-10-33(2)3/h6-7,13,15-17,23H,8-12,18-19H2,1-5H3/b7-6+. The average Bonchev–Trinajstić information content (AvgIpc) is 3.55. The maximum atomic E-state index is 13.5. The molecule has 2 aliphatic heterocycles. The number of nitrogens with zero attached hydrogens (tertiary/aromatic N) is 8. The molecule has 5 heterocycles. The van der Waals surface area contributed by atoms with Crippen LogP contribution in [0.15, 0.2) is 36.8 Å². The summed E-state index contributed by atoms with van der Waals surface area (Å²) in [6.45, 7) is 4.40. The van der Waals surface area contributed by atoms with Gasteiger partial charge in [0.05, 0.1) is 38.6 Å². The number of carbonyl (C=O) groups excluding carboxylic acids is 2. The molecule has 41 heavy (non-hydrogen) atoms. The smallest absolute Gasteiger partial charge is 0.258 e. The van der Waals surface area contributed by atoms with Crippen LogP contribution in [0.4, 0.5) is 0 Å². The van der Waals surface area contributed by atoms with Gasteiger partial charge in [-0.25, -0.2) is 4.52 Å². The molecule has 3 aromatic rings. The van der Waals surface area contributed by atoms with Gasteiger partial charge in [-0.2, -0.15) is 15.5 Å². The van der Waals surface area contributed by atoms with Crippen molar-refractivity contribution < 1.29 is 19.1 Å². The second-order valence-electron chi connectivity index (χ2n) is 10.9. The molecule has 0 unspecified atom stereocenters. The number of hydrogen-bond acceptors (Lipinski definition) is 8. The van der Waals surface area contributed by atoms with Crippen LogP contribution in [0, 0.1) is 18.3 Å². The van der Waals surface area contributed by atoms with E-state index in [0.717, 1.165) is 29.7 Å². The Morgan fingerprint density at radius 2 is 1.90 bits per heavy atom. The number of aromatic nitrogens is 4. The highest BCUT2D eigenvalue weighted by Crippen LogP contribution is 2.34. The van der Waals surface area contributed by atoms with Gasteiger partial charge in [-0.05, 0) is 39.9 Å². The molecule has 0 spiro atoms. The maximum Gasteiger partial charge on any atom is 0.258 e. The molecule has 0 aromatic carbocycles. The third-order valence-corrected chi connectivity index (χ3v) is 8.09. The fourth-order valence-corrected chi connectivity index (χ4v) is 5.69. The van der Waals surface area contributed by atoms with E-state index >= 15 is 0 Å². The summed E-state index contributed by atoms with van der Waals surface area (Å²) in [6.07, 6.45) is 10.2. The Balaban J connectivity index is 1.24. The lowest BCUT2D eigenvalue weighted by Gasteiger charge is -2.49. The van der Waals surface area contributed by atoms with Crippen molar-refractivity contribution in [2.45, 2.75) is 31.4 Å². The first-order valence-corrected chi connectivity index (χ1v) is 13.7. The monoisotopic (exact) mass is 560 g/mol. The quantitative estimate of drug-likeness (QED) is 0.383. The van der Waals surface area contributed by atoms with Crippen molar-refractivity contribution in [1.82, 2.24) is 34.1 Å². The van der Waals surface area contributed by atoms with E-state index < -0.39 is 5.60 Å². The van der Waals surface area contributed by atoms with Crippen LogP contribution >= 0.6 is 0 Å². The number of nitriles is 1. The summed E-state index contributed by atoms with van der Waals surface area (Å²) in [4.78, 5) is 31.4. The molecule has 12 nitrogen and oxygen atoms in total. The first-order valence-electron chi connectivity index (χ1n) is 13.7. The van der Waals surface area contributed by atoms with Crippen LogP contribution in [0.3, 0.4) is 0 Å². The van der Waals surface area contributed by atoms with Crippen LogP contribution in [-0.2, 0) is 14.3 Å². The maximum absolute atomic E-state index is 13.5. The number of amides is 2. The number of methoxy groups -OCH3 is 2. The van der Waals surface area contributed by atoms with Crippen molar-refractivity contribution in [3.8, 4) is 22.9 Å². The molecule has 2 saturated heterocycles. The van der Waals surface area contributed by atoms with Gasteiger partial charge in [-0.1, -0.05) is 6.08 Å². The Morgan fingerprint density at radius 1 is 1.17 bits per heavy atom. The number of piperidine rings is 1. The Kier molecular flexibility index (Phi) is 7.84. The van der Waals surface area contributed by atoms with Crippen LogP contribution in [0.1, 0.15) is 30.1 Å². The Morgan fingerprint density at radius 3 is 2.54 bits per heavy atom. The molecule has 2 amide bonds. The fraction of sp³-hybridized carbons (Fsp3) is 0.483. The molecule has 3 aromatic heterocycles. The van der Waals surface area contributed by atoms with Gasteiger partial charge in [0.2, 0.25) is 5.91 Å². The molecule has 0 saturated carbocycles. The Labute approximate surface area is 239 Å². The molecule has 0 atom stereocenters. The zero-order valence-electron chi connectivity index (χ0n) is 24.2. The van der Waals surface area contributed by atoms with Crippen molar-refractivity contribution >= 4 is 17.3 Å². The van der Waals surface area contributed by atoms with Gasteiger partial charge in [0.1, 0.15) is 22.9 Å². The predicted octanol–water partition coefficient (Wildman–Crippen LogP) is 1.90. The molecule has 5 rings (SSSR count). The van der Waals surface area contributed by atoms with Crippen molar-refractivity contribution in [3.63, 3.8) is 0 Å². The molecule has 216 valence electrons. The zero-order valence-corrected chi connectivity index (χ0v) is 24.2. The Hall–Kier alpha value is -4.21. The summed E-state index contributed by atoms with van der Waals surface area (Å²) >= 11 is 0. The number of carbonyl (C=O) groups is 2. The molecule has 2 aliphatic rings. The minimum Gasteiger partial charge on any atom is -0.494 e. The largest absolute Gasteiger partial charge is 0.494 e. The van der Waals surface area contributed by atoms with Crippen molar-refractivity contribution in [1.29, 1.82) is 5.26 Å². The van der Waals surface area contributed by atoms with Crippen LogP contribution in [0.5, 0.6) is 5.75 Å². The van der Waals surface area contributed by atoms with Crippen molar-refractivity contribution in [3.05, 3.63) is 48.1 Å². The van der Waals surface area contributed by atoms with Gasteiger partial charge >= 0.3 is 0 Å². The highest BCUT2D eigenvalue weighted by Gasteiger charge is 2.53. The van der Waals surface area contributed by atoms with Gasteiger partial charge in [-0.15, -0.1) is 0 Å². The highest BCUT2D eigenvalue weighted by atomic mass is 16.5. The van der Waals surface area contributed by atoms with E-state index in [-0.39, 0.29) is 30.9 Å². The van der Waals surface area contributed by atoms with Crippen molar-refractivity contribution in [2.75, 3.05) is 61.0 Å². The number of hydrogen-bond donors (Lipinski definition) is 0. The third-order valence-electron chi connectivity index (χ3n) is 8.09. The van der Waals surface area contributed by atoms with Crippen LogP contribution in [-0.4, -0.2) is 113 Å². The number of pyridine rings is 1. The van der Waals surface area contributed by atoms with E-state index in [0.29, 0.717) is 36.5 Å². The minimum atomic E-state index is -0.984. The van der Waals surface area contributed by atoms with Crippen molar-refractivity contribution in [2.24, 2.45) is 0 Å². The van der Waals surface area contributed by atoms with E-state index in [9.17, 15) is 14.9 Å². The molecule has 0 radical (unpaired) electrons. The summed E-state index contributed by atoms with van der Waals surface area (Å²) in [5, 5.41) is 18.4. The van der Waals surface area contributed by atoms with E-state index in [1.165, 1.54) is 6.20 Å². The lowest BCUT2D eigenvalue weighted by molar-refractivity contribution is -0.182. The van der Waals surface area contributed by atoms with Gasteiger partial charge in [-0.3, -0.25) is 14.3 Å². The molecule has 0 N–H and O–H groups in total. The topological polar surface area (TPSA) is 121 Å². The predicted molar refractivity (Wildman–Crippen MR) is 151 cm³/mol. The number of ether oxygens (including phenoxy) is 2. The second-order valence-corrected chi connectivity index (χ2v) is 10.9. The highest BCUT2D eigenvalue weighted by molar-refractivity contribution is 5.93. The zero-order chi connectivity index (χ0) is 29.3. The second kappa shape index (κ2) is 11.3. The molecule has 0 aliphatic carbocycles. The summed E-state index contributed by atoms with van der Waals surface area (Å²) in [5.74, 6) is 0.406. The van der Waals surface area contributed by atoms with Gasteiger partial charge in [0.25, 0.3) is 5.91 Å². The van der Waals surface area contributed by atoms with Crippen LogP contribution in [0.25, 0.3) is 16.6 Å². The van der Waals surface area contributed by atoms with E-state index in [1.807, 2.05) is 60.0 Å². The minimum absolute atomic E-state index is 0.0611. The van der Waals surface area contributed by atoms with Gasteiger partial charge < -0.3 is 24.2 Å².